The predicted molar refractivity (Wildman–Crippen MR) is 75.7 cm³/mol. The molecule has 1 atom stereocenters. The molecule has 3 rings (SSSR count). The highest BCUT2D eigenvalue weighted by Gasteiger charge is 2.34. The summed E-state index contributed by atoms with van der Waals surface area (Å²) in [6.45, 7) is 3.23. The summed E-state index contributed by atoms with van der Waals surface area (Å²) in [4.78, 5) is 14.2. The zero-order valence-corrected chi connectivity index (χ0v) is 11.9. The van der Waals surface area contributed by atoms with Gasteiger partial charge in [0.1, 0.15) is 5.02 Å². The van der Waals surface area contributed by atoms with Gasteiger partial charge in [-0.25, -0.2) is 4.68 Å². The van der Waals surface area contributed by atoms with E-state index in [1.807, 2.05) is 0 Å². The van der Waals surface area contributed by atoms with Gasteiger partial charge in [-0.3, -0.25) is 4.79 Å². The molecular weight excluding hydrogens is 264 g/mol. The first-order valence-corrected chi connectivity index (χ1v) is 7.22. The third-order valence-corrected chi connectivity index (χ3v) is 4.41. The third-order valence-electron chi connectivity index (χ3n) is 4.04. The first-order valence-electron chi connectivity index (χ1n) is 6.85. The normalized spacial score (nSPS) is 23.8. The molecule has 19 heavy (non-hydrogen) atoms. The van der Waals surface area contributed by atoms with E-state index in [1.165, 1.54) is 30.5 Å². The quantitative estimate of drug-likeness (QED) is 0.905. The molecule has 2 aliphatic rings. The van der Waals surface area contributed by atoms with E-state index in [1.54, 1.807) is 13.2 Å². The third kappa shape index (κ3) is 2.77. The van der Waals surface area contributed by atoms with E-state index in [9.17, 15) is 4.79 Å². The van der Waals surface area contributed by atoms with Gasteiger partial charge in [0.05, 0.1) is 11.9 Å². The molecule has 1 saturated carbocycles. The van der Waals surface area contributed by atoms with Crippen molar-refractivity contribution in [2.45, 2.75) is 25.3 Å². The first kappa shape index (κ1) is 12.9. The van der Waals surface area contributed by atoms with E-state index in [4.69, 9.17) is 11.6 Å². The standard InChI is InChI=1S/C13H19ClN4O/c1-17-13(19)12(14)11(7-16-17)15-6-9-4-5-18(8-9)10-2-3-10/h7,9-10,15H,2-6,8H2,1H3. The molecule has 0 aromatic carbocycles. The number of nitrogens with one attached hydrogen (secondary N) is 1. The molecule has 2 heterocycles. The second-order valence-electron chi connectivity index (χ2n) is 5.56. The van der Waals surface area contributed by atoms with Crippen LogP contribution in [-0.2, 0) is 7.05 Å². The fraction of sp³-hybridized carbons (Fsp3) is 0.692. The van der Waals surface area contributed by atoms with Gasteiger partial charge in [0.2, 0.25) is 0 Å². The van der Waals surface area contributed by atoms with Crippen LogP contribution in [0.5, 0.6) is 0 Å². The van der Waals surface area contributed by atoms with Crippen LogP contribution in [0.1, 0.15) is 19.3 Å². The first-order chi connectivity index (χ1) is 9.15. The molecular formula is C13H19ClN4O. The number of halogens is 1. The minimum absolute atomic E-state index is 0.231. The van der Waals surface area contributed by atoms with E-state index in [0.29, 0.717) is 11.6 Å². The van der Waals surface area contributed by atoms with Gasteiger partial charge in [0.15, 0.2) is 0 Å². The highest BCUT2D eigenvalue weighted by molar-refractivity contribution is 6.32. The fourth-order valence-electron chi connectivity index (χ4n) is 2.69. The molecule has 6 heteroatoms. The molecule has 5 nitrogen and oxygen atoms in total. The average molecular weight is 283 g/mol. The Morgan fingerprint density at radius 3 is 3.00 bits per heavy atom. The molecule has 0 spiro atoms. The van der Waals surface area contributed by atoms with Crippen LogP contribution < -0.4 is 10.9 Å². The summed E-state index contributed by atoms with van der Waals surface area (Å²) in [6, 6.07) is 0.847. The number of aromatic nitrogens is 2. The van der Waals surface area contributed by atoms with Crippen molar-refractivity contribution in [3.8, 4) is 0 Å². The predicted octanol–water partition coefficient (Wildman–Crippen LogP) is 1.33. The van der Waals surface area contributed by atoms with Crippen molar-refractivity contribution < 1.29 is 0 Å². The van der Waals surface area contributed by atoms with E-state index < -0.39 is 0 Å². The Bertz CT molecular complexity index is 526. The number of likely N-dealkylation sites (tertiary alicyclic amines) is 1. The van der Waals surface area contributed by atoms with Crippen LogP contribution in [0.3, 0.4) is 0 Å². The Labute approximate surface area is 117 Å². The molecule has 1 aliphatic carbocycles. The Hall–Kier alpha value is -1.07. The van der Waals surface area contributed by atoms with E-state index >= 15 is 0 Å². The van der Waals surface area contributed by atoms with E-state index in [2.05, 4.69) is 15.3 Å². The van der Waals surface area contributed by atoms with Gasteiger partial charge in [-0.15, -0.1) is 0 Å². The Morgan fingerprint density at radius 1 is 1.47 bits per heavy atom. The maximum absolute atomic E-state index is 11.7. The van der Waals surface area contributed by atoms with Crippen LogP contribution >= 0.6 is 11.6 Å². The lowest BCUT2D eigenvalue weighted by atomic mass is 10.1. The number of nitrogens with zero attached hydrogens (tertiary/aromatic N) is 3. The molecule has 2 fully saturated rings. The minimum Gasteiger partial charge on any atom is -0.382 e. The lowest BCUT2D eigenvalue weighted by Crippen LogP contribution is -2.26. The second-order valence-corrected chi connectivity index (χ2v) is 5.94. The Morgan fingerprint density at radius 2 is 2.26 bits per heavy atom. The van der Waals surface area contributed by atoms with Gasteiger partial charge in [0, 0.05) is 26.2 Å². The summed E-state index contributed by atoms with van der Waals surface area (Å²) in [5.41, 5.74) is 0.396. The molecule has 1 aromatic rings. The molecule has 1 aliphatic heterocycles. The van der Waals surface area contributed by atoms with Gasteiger partial charge in [-0.1, -0.05) is 11.6 Å². The maximum Gasteiger partial charge on any atom is 0.287 e. The highest BCUT2D eigenvalue weighted by Crippen LogP contribution is 2.31. The maximum atomic E-state index is 11.7. The van der Waals surface area contributed by atoms with Crippen LogP contribution in [0.15, 0.2) is 11.0 Å². The molecule has 1 saturated heterocycles. The van der Waals surface area contributed by atoms with E-state index in [0.717, 1.165) is 19.1 Å². The van der Waals surface area contributed by atoms with Crippen LogP contribution in [0, 0.1) is 5.92 Å². The molecule has 1 unspecified atom stereocenters. The smallest absolute Gasteiger partial charge is 0.287 e. The molecule has 1 N–H and O–H groups in total. The topological polar surface area (TPSA) is 50.2 Å². The van der Waals surface area contributed by atoms with Gasteiger partial charge in [-0.05, 0) is 31.7 Å². The number of hydrogen-bond acceptors (Lipinski definition) is 4. The zero-order valence-electron chi connectivity index (χ0n) is 11.1. The Balaban J connectivity index is 1.58. The van der Waals surface area contributed by atoms with Gasteiger partial charge in [0.25, 0.3) is 5.56 Å². The number of hydrogen-bond donors (Lipinski definition) is 1. The molecule has 104 valence electrons. The van der Waals surface area contributed by atoms with Gasteiger partial charge in [-0.2, -0.15) is 5.10 Å². The molecule has 0 bridgehead atoms. The summed E-state index contributed by atoms with van der Waals surface area (Å²) in [5, 5.41) is 7.48. The fourth-order valence-corrected chi connectivity index (χ4v) is 2.93. The van der Waals surface area contributed by atoms with Crippen LogP contribution in [0.25, 0.3) is 0 Å². The summed E-state index contributed by atoms with van der Waals surface area (Å²) in [5.74, 6) is 0.640. The lowest BCUT2D eigenvalue weighted by molar-refractivity contribution is 0.316. The zero-order chi connectivity index (χ0) is 13.4. The van der Waals surface area contributed by atoms with Crippen LogP contribution in [0.4, 0.5) is 5.69 Å². The number of anilines is 1. The molecule has 1 aromatic heterocycles. The minimum atomic E-state index is -0.252. The summed E-state index contributed by atoms with van der Waals surface area (Å²) < 4.78 is 1.25. The van der Waals surface area contributed by atoms with Crippen molar-refractivity contribution in [3.05, 3.63) is 21.6 Å². The van der Waals surface area contributed by atoms with Crippen molar-refractivity contribution in [3.63, 3.8) is 0 Å². The van der Waals surface area contributed by atoms with Crippen LogP contribution in [0.2, 0.25) is 5.02 Å². The van der Waals surface area contributed by atoms with Crippen molar-refractivity contribution in [2.75, 3.05) is 25.0 Å². The van der Waals surface area contributed by atoms with Gasteiger partial charge >= 0.3 is 0 Å². The van der Waals surface area contributed by atoms with E-state index in [-0.39, 0.29) is 10.6 Å². The second kappa shape index (κ2) is 5.13. The summed E-state index contributed by atoms with van der Waals surface area (Å²) >= 11 is 6.03. The molecule has 0 radical (unpaired) electrons. The highest BCUT2D eigenvalue weighted by atomic mass is 35.5. The number of rotatable bonds is 4. The van der Waals surface area contributed by atoms with Crippen LogP contribution in [-0.4, -0.2) is 40.4 Å². The van der Waals surface area contributed by atoms with Crippen molar-refractivity contribution in [1.29, 1.82) is 0 Å². The lowest BCUT2D eigenvalue weighted by Gasteiger charge is -2.16. The SMILES string of the molecule is Cn1ncc(NCC2CCN(C3CC3)C2)c(Cl)c1=O. The largest absolute Gasteiger partial charge is 0.382 e. The van der Waals surface area contributed by atoms with Crippen molar-refractivity contribution >= 4 is 17.3 Å². The van der Waals surface area contributed by atoms with Crippen molar-refractivity contribution in [1.82, 2.24) is 14.7 Å². The van der Waals surface area contributed by atoms with Gasteiger partial charge < -0.3 is 10.2 Å². The number of aryl methyl sites for hydroxylation is 1. The monoisotopic (exact) mass is 282 g/mol. The Kier molecular flexibility index (Phi) is 3.50. The summed E-state index contributed by atoms with van der Waals surface area (Å²) in [6.07, 6.45) is 5.58. The average Bonchev–Trinajstić information content (AvgIpc) is 3.15. The summed E-state index contributed by atoms with van der Waals surface area (Å²) in [7, 11) is 1.60. The van der Waals surface area contributed by atoms with Crippen molar-refractivity contribution in [2.24, 2.45) is 13.0 Å². The molecule has 0 amide bonds.